The highest BCUT2D eigenvalue weighted by Gasteiger charge is 1.96. The first kappa shape index (κ1) is 28.6. The minimum atomic E-state index is -0.746. The van der Waals surface area contributed by atoms with Crippen molar-refractivity contribution in [1.29, 1.82) is 0 Å². The van der Waals surface area contributed by atoms with Crippen molar-refractivity contribution in [3.05, 3.63) is 36.5 Å². The molecule has 30 heavy (non-hydrogen) atoms. The molecule has 0 radical (unpaired) electrons. The number of hydrogen-bond donors (Lipinski definition) is 2. The molecule has 0 aromatic rings. The smallest absolute Gasteiger partial charge is 0.303 e. The van der Waals surface area contributed by atoms with Gasteiger partial charge in [-0.3, -0.25) is 4.79 Å². The summed E-state index contributed by atoms with van der Waals surface area (Å²) in [5.74, 6) is -0.746. The standard InChI is InChI=1S/C22H38O3.C4H9N/c1-2-3-4-5-6-7-8-9-10-11-12-13-14-15-16-17-20-25-21-18-19-22(23)24;1-2-4-5-3-1/h6-7,9-10,12-13H,2-5,8,11,14-21H2,1H3,(H,23,24);5H,1-4H2. The first-order valence-corrected chi connectivity index (χ1v) is 12.2. The summed E-state index contributed by atoms with van der Waals surface area (Å²) in [5.41, 5.74) is 0. The molecular formula is C26H47NO3. The summed E-state index contributed by atoms with van der Waals surface area (Å²) in [5, 5.41) is 11.7. The summed E-state index contributed by atoms with van der Waals surface area (Å²) in [4.78, 5) is 10.3. The first-order valence-electron chi connectivity index (χ1n) is 12.2. The number of hydrogen-bond acceptors (Lipinski definition) is 3. The fourth-order valence-corrected chi connectivity index (χ4v) is 2.99. The summed E-state index contributed by atoms with van der Waals surface area (Å²) in [6, 6.07) is 0. The van der Waals surface area contributed by atoms with Crippen LogP contribution >= 0.6 is 0 Å². The van der Waals surface area contributed by atoms with Crippen LogP contribution in [0.2, 0.25) is 0 Å². The molecule has 0 aromatic heterocycles. The minimum absolute atomic E-state index is 0.203. The van der Waals surface area contributed by atoms with Gasteiger partial charge in [0.2, 0.25) is 0 Å². The van der Waals surface area contributed by atoms with Crippen LogP contribution in [0.4, 0.5) is 0 Å². The van der Waals surface area contributed by atoms with Crippen LogP contribution < -0.4 is 5.32 Å². The molecule has 0 unspecified atom stereocenters. The molecule has 0 bridgehead atoms. The summed E-state index contributed by atoms with van der Waals surface area (Å²) in [6.07, 6.45) is 28.9. The van der Waals surface area contributed by atoms with Crippen molar-refractivity contribution in [3.63, 3.8) is 0 Å². The molecule has 1 aliphatic rings. The van der Waals surface area contributed by atoms with Gasteiger partial charge in [0.1, 0.15) is 0 Å². The van der Waals surface area contributed by atoms with Gasteiger partial charge in [0.25, 0.3) is 0 Å². The Balaban J connectivity index is 0.00000145. The fraction of sp³-hybridized carbons (Fsp3) is 0.731. The number of ether oxygens (including phenoxy) is 1. The third-order valence-corrected chi connectivity index (χ3v) is 4.81. The number of carbonyl (C=O) groups is 1. The van der Waals surface area contributed by atoms with Gasteiger partial charge in [0, 0.05) is 19.6 Å². The highest BCUT2D eigenvalue weighted by Crippen LogP contribution is 2.03. The lowest BCUT2D eigenvalue weighted by atomic mass is 10.2. The number of carboxylic acids is 1. The zero-order valence-electron chi connectivity index (χ0n) is 19.5. The number of nitrogens with one attached hydrogen (secondary N) is 1. The van der Waals surface area contributed by atoms with Gasteiger partial charge in [-0.25, -0.2) is 0 Å². The van der Waals surface area contributed by atoms with Gasteiger partial charge in [-0.15, -0.1) is 0 Å². The molecule has 1 rings (SSSR count). The molecule has 0 saturated carbocycles. The van der Waals surface area contributed by atoms with E-state index in [1.807, 2.05) is 0 Å². The monoisotopic (exact) mass is 421 g/mol. The molecule has 4 nitrogen and oxygen atoms in total. The molecular weight excluding hydrogens is 374 g/mol. The van der Waals surface area contributed by atoms with Crippen molar-refractivity contribution in [2.24, 2.45) is 0 Å². The lowest BCUT2D eigenvalue weighted by Crippen LogP contribution is -2.03. The molecule has 0 amide bonds. The lowest BCUT2D eigenvalue weighted by molar-refractivity contribution is -0.137. The SMILES string of the molecule is C1CCNC1.CCCCCC=CCC=CCC=CCCCCCOCCCC(=O)O. The quantitative estimate of drug-likeness (QED) is 0.188. The van der Waals surface area contributed by atoms with Crippen molar-refractivity contribution < 1.29 is 14.6 Å². The molecule has 174 valence electrons. The lowest BCUT2D eigenvalue weighted by Gasteiger charge is -2.02. The Morgan fingerprint density at radius 2 is 1.37 bits per heavy atom. The summed E-state index contributed by atoms with van der Waals surface area (Å²) < 4.78 is 5.41. The van der Waals surface area contributed by atoms with Gasteiger partial charge in [-0.05, 0) is 77.3 Å². The van der Waals surface area contributed by atoms with Gasteiger partial charge in [-0.1, -0.05) is 62.6 Å². The van der Waals surface area contributed by atoms with Crippen LogP contribution in [0.3, 0.4) is 0 Å². The van der Waals surface area contributed by atoms with E-state index < -0.39 is 5.97 Å². The van der Waals surface area contributed by atoms with Crippen molar-refractivity contribution in [2.75, 3.05) is 26.3 Å². The topological polar surface area (TPSA) is 58.6 Å². The third kappa shape index (κ3) is 26.6. The highest BCUT2D eigenvalue weighted by molar-refractivity contribution is 5.66. The number of carboxylic acid groups (broad SMARTS) is 1. The molecule has 1 aliphatic heterocycles. The molecule has 0 spiro atoms. The summed E-state index contributed by atoms with van der Waals surface area (Å²) in [7, 11) is 0. The molecule has 1 saturated heterocycles. The van der Waals surface area contributed by atoms with Crippen molar-refractivity contribution in [2.45, 2.75) is 96.8 Å². The van der Waals surface area contributed by atoms with E-state index in [9.17, 15) is 4.79 Å². The van der Waals surface area contributed by atoms with E-state index in [1.165, 1.54) is 64.5 Å². The van der Waals surface area contributed by atoms with Gasteiger partial charge in [0.15, 0.2) is 0 Å². The molecule has 0 atom stereocenters. The van der Waals surface area contributed by atoms with Gasteiger partial charge >= 0.3 is 5.97 Å². The van der Waals surface area contributed by atoms with Crippen LogP contribution in [0.15, 0.2) is 36.5 Å². The minimum Gasteiger partial charge on any atom is -0.481 e. The number of allylic oxidation sites excluding steroid dienone is 6. The second-order valence-corrected chi connectivity index (χ2v) is 7.80. The van der Waals surface area contributed by atoms with Crippen molar-refractivity contribution in [3.8, 4) is 0 Å². The zero-order valence-corrected chi connectivity index (χ0v) is 19.5. The molecule has 1 heterocycles. The first-order chi connectivity index (χ1) is 14.8. The van der Waals surface area contributed by atoms with E-state index in [-0.39, 0.29) is 6.42 Å². The molecule has 2 N–H and O–H groups in total. The largest absolute Gasteiger partial charge is 0.481 e. The van der Waals surface area contributed by atoms with E-state index in [4.69, 9.17) is 9.84 Å². The van der Waals surface area contributed by atoms with Crippen LogP contribution in [-0.2, 0) is 9.53 Å². The molecule has 1 fully saturated rings. The predicted molar refractivity (Wildman–Crippen MR) is 129 cm³/mol. The second kappa shape index (κ2) is 25.6. The zero-order chi connectivity index (χ0) is 22.0. The van der Waals surface area contributed by atoms with Crippen molar-refractivity contribution in [1.82, 2.24) is 5.32 Å². The number of aliphatic carboxylic acids is 1. The highest BCUT2D eigenvalue weighted by atomic mass is 16.5. The molecule has 0 aliphatic carbocycles. The predicted octanol–water partition coefficient (Wildman–Crippen LogP) is 6.83. The fourth-order valence-electron chi connectivity index (χ4n) is 2.99. The van der Waals surface area contributed by atoms with E-state index >= 15 is 0 Å². The molecule has 0 aromatic carbocycles. The van der Waals surface area contributed by atoms with Crippen LogP contribution in [0.25, 0.3) is 0 Å². The Morgan fingerprint density at radius 1 is 0.800 bits per heavy atom. The maximum atomic E-state index is 10.3. The van der Waals surface area contributed by atoms with Crippen LogP contribution in [0.1, 0.15) is 96.8 Å². The van der Waals surface area contributed by atoms with Crippen LogP contribution in [0, 0.1) is 0 Å². The van der Waals surface area contributed by atoms with Gasteiger partial charge in [-0.2, -0.15) is 0 Å². The third-order valence-electron chi connectivity index (χ3n) is 4.81. The number of unbranched alkanes of at least 4 members (excludes halogenated alkanes) is 6. The Hall–Kier alpha value is -1.39. The van der Waals surface area contributed by atoms with E-state index in [0.29, 0.717) is 13.0 Å². The summed E-state index contributed by atoms with van der Waals surface area (Å²) >= 11 is 0. The van der Waals surface area contributed by atoms with E-state index in [1.54, 1.807) is 0 Å². The maximum absolute atomic E-state index is 10.3. The van der Waals surface area contributed by atoms with Crippen LogP contribution in [-0.4, -0.2) is 37.4 Å². The normalized spacial score (nSPS) is 14.0. The Morgan fingerprint density at radius 3 is 1.90 bits per heavy atom. The summed E-state index contributed by atoms with van der Waals surface area (Å²) in [6.45, 7) is 6.05. The van der Waals surface area contributed by atoms with Gasteiger partial charge < -0.3 is 15.2 Å². The Labute approximate surface area is 185 Å². The van der Waals surface area contributed by atoms with E-state index in [0.717, 1.165) is 32.3 Å². The van der Waals surface area contributed by atoms with Crippen LogP contribution in [0.5, 0.6) is 0 Å². The van der Waals surface area contributed by atoms with E-state index in [2.05, 4.69) is 48.7 Å². The Kier molecular flexibility index (Phi) is 24.5. The average Bonchev–Trinajstić information content (AvgIpc) is 3.32. The average molecular weight is 422 g/mol. The maximum Gasteiger partial charge on any atom is 0.303 e. The van der Waals surface area contributed by atoms with Crippen molar-refractivity contribution >= 4 is 5.97 Å². The molecule has 4 heteroatoms. The van der Waals surface area contributed by atoms with Gasteiger partial charge in [0.05, 0.1) is 0 Å². The second-order valence-electron chi connectivity index (χ2n) is 7.80. The number of rotatable bonds is 18. The Bertz CT molecular complexity index is 432.